The Hall–Kier alpha value is -0.820. The molecule has 270 valence electrons. The Bertz CT molecular complexity index is 627. The van der Waals surface area contributed by atoms with Gasteiger partial charge in [-0.1, -0.05) is 157 Å². The number of hydrogen-bond donors (Lipinski definition) is 0. The number of unbranched alkanes of at least 4 members (excludes halogenated alkanes) is 18. The normalized spacial score (nSPS) is 14.8. The molecule has 0 heterocycles. The molecule has 0 aromatic carbocycles. The molecule has 0 bridgehead atoms. The molecule has 6 heteroatoms. The summed E-state index contributed by atoms with van der Waals surface area (Å²) in [5.74, 6) is -1.11. The van der Waals surface area contributed by atoms with E-state index in [1.165, 1.54) is 96.3 Å². The highest BCUT2D eigenvalue weighted by Crippen LogP contribution is 2.26. The molecule has 45 heavy (non-hydrogen) atoms. The first-order chi connectivity index (χ1) is 22.0. The van der Waals surface area contributed by atoms with Crippen molar-refractivity contribution in [1.29, 1.82) is 0 Å². The van der Waals surface area contributed by atoms with E-state index in [-0.39, 0.29) is 12.2 Å². The Kier molecular flexibility index (Phi) is 32.5. The molecular weight excluding hydrogens is 564 g/mol. The second-order valence-corrected chi connectivity index (χ2v) is 13.1. The maximum Gasteiger partial charge on any atom is 0.340 e. The highest BCUT2D eigenvalue weighted by Gasteiger charge is 2.36. The fourth-order valence-corrected chi connectivity index (χ4v) is 5.04. The van der Waals surface area contributed by atoms with Crippen molar-refractivity contribution >= 4 is 0 Å². The number of hydrogen-bond acceptors (Lipinski definition) is 6. The van der Waals surface area contributed by atoms with E-state index < -0.39 is 5.97 Å². The number of rotatable bonds is 36. The minimum atomic E-state index is -1.52. The van der Waals surface area contributed by atoms with Gasteiger partial charge in [-0.25, -0.2) is 4.89 Å². The Labute approximate surface area is 281 Å². The first-order valence-electron chi connectivity index (χ1n) is 19.6. The average Bonchev–Trinajstić information content (AvgIpc) is 3.04. The molecule has 0 aromatic heterocycles. The number of ether oxygens (including phenoxy) is 4. The van der Waals surface area contributed by atoms with E-state index in [0.717, 1.165) is 57.8 Å². The van der Waals surface area contributed by atoms with Crippen LogP contribution in [0.1, 0.15) is 203 Å². The molecule has 0 aliphatic heterocycles. The van der Waals surface area contributed by atoms with Gasteiger partial charge in [0.05, 0.1) is 38.1 Å². The van der Waals surface area contributed by atoms with Crippen LogP contribution in [0.25, 0.3) is 0 Å². The minimum Gasteiger partial charge on any atom is -0.465 e. The predicted octanol–water partition coefficient (Wildman–Crippen LogP) is 12.7. The van der Waals surface area contributed by atoms with Crippen molar-refractivity contribution in [2.45, 2.75) is 221 Å². The Balaban J connectivity index is 5.77. The predicted molar refractivity (Wildman–Crippen MR) is 190 cm³/mol. The summed E-state index contributed by atoms with van der Waals surface area (Å²) in [5.41, 5.74) is 0. The SMILES string of the molecule is CCCCCCCCCO/C(=C\C(OCCCCCCC)(OCCCCCCCC)OOC(C)CCCCCC)OC(C)CC. The summed E-state index contributed by atoms with van der Waals surface area (Å²) in [4.78, 5) is 12.2. The Morgan fingerprint density at radius 2 is 0.933 bits per heavy atom. The van der Waals surface area contributed by atoms with Gasteiger partial charge in [0.1, 0.15) is 0 Å². The van der Waals surface area contributed by atoms with Gasteiger partial charge >= 0.3 is 5.97 Å². The van der Waals surface area contributed by atoms with Crippen LogP contribution in [0.15, 0.2) is 12.0 Å². The molecule has 0 saturated carbocycles. The summed E-state index contributed by atoms with van der Waals surface area (Å²) >= 11 is 0. The first-order valence-corrected chi connectivity index (χ1v) is 19.6. The van der Waals surface area contributed by atoms with Gasteiger partial charge < -0.3 is 18.9 Å². The van der Waals surface area contributed by atoms with Gasteiger partial charge in [0.15, 0.2) is 0 Å². The van der Waals surface area contributed by atoms with Crippen LogP contribution in [0.5, 0.6) is 0 Å². The molecule has 0 N–H and O–H groups in total. The average molecular weight is 643 g/mol. The molecule has 0 amide bonds. The largest absolute Gasteiger partial charge is 0.465 e. The lowest BCUT2D eigenvalue weighted by Gasteiger charge is -2.31. The third-order valence-corrected chi connectivity index (χ3v) is 8.32. The summed E-state index contributed by atoms with van der Waals surface area (Å²) in [7, 11) is 0. The molecule has 0 aromatic rings. The van der Waals surface area contributed by atoms with E-state index in [2.05, 4.69) is 48.5 Å². The van der Waals surface area contributed by atoms with Gasteiger partial charge in [-0.3, -0.25) is 0 Å². The van der Waals surface area contributed by atoms with Gasteiger partial charge in [0.2, 0.25) is 0 Å². The van der Waals surface area contributed by atoms with E-state index in [1.54, 1.807) is 6.08 Å². The standard InChI is InChI=1S/C39H78O6/c1-8-13-17-21-23-25-28-32-40-38(43-36(6)12-5)35-39(41-33-29-24-19-15-10-3,42-34-30-26-22-18-14-9-2)45-44-37(7)31-27-20-16-11-4/h35-37H,8-34H2,1-7H3/b38-35+. The molecule has 3 atom stereocenters. The van der Waals surface area contributed by atoms with Crippen LogP contribution in [-0.4, -0.2) is 38.0 Å². The summed E-state index contributed by atoms with van der Waals surface area (Å²) in [6.07, 6.45) is 29.7. The maximum atomic E-state index is 6.48. The molecule has 0 fully saturated rings. The lowest BCUT2D eigenvalue weighted by Crippen LogP contribution is -2.40. The summed E-state index contributed by atoms with van der Waals surface area (Å²) in [5, 5.41) is 0. The fraction of sp³-hybridized carbons (Fsp3) is 0.949. The lowest BCUT2D eigenvalue weighted by molar-refractivity contribution is -0.498. The van der Waals surface area contributed by atoms with E-state index in [0.29, 0.717) is 25.8 Å². The Morgan fingerprint density at radius 1 is 0.511 bits per heavy atom. The highest BCUT2D eigenvalue weighted by molar-refractivity contribution is 4.94. The molecule has 0 saturated heterocycles. The topological polar surface area (TPSA) is 55.4 Å². The zero-order valence-electron chi connectivity index (χ0n) is 31.3. The minimum absolute atomic E-state index is 0.00555. The van der Waals surface area contributed by atoms with E-state index in [9.17, 15) is 0 Å². The van der Waals surface area contributed by atoms with E-state index in [4.69, 9.17) is 28.7 Å². The summed E-state index contributed by atoms with van der Waals surface area (Å²) in [6, 6.07) is 0. The molecule has 0 aliphatic carbocycles. The van der Waals surface area contributed by atoms with Crippen molar-refractivity contribution in [3.05, 3.63) is 12.0 Å². The monoisotopic (exact) mass is 643 g/mol. The van der Waals surface area contributed by atoms with Crippen LogP contribution in [-0.2, 0) is 28.7 Å². The van der Waals surface area contributed by atoms with Crippen molar-refractivity contribution in [3.8, 4) is 0 Å². The third kappa shape index (κ3) is 28.0. The second-order valence-electron chi connectivity index (χ2n) is 13.1. The van der Waals surface area contributed by atoms with Crippen molar-refractivity contribution in [2.75, 3.05) is 19.8 Å². The fourth-order valence-electron chi connectivity index (χ4n) is 5.04. The van der Waals surface area contributed by atoms with Gasteiger partial charge in [-0.2, -0.15) is 4.89 Å². The molecule has 0 radical (unpaired) electrons. The van der Waals surface area contributed by atoms with Crippen molar-refractivity contribution in [2.24, 2.45) is 0 Å². The van der Waals surface area contributed by atoms with Crippen LogP contribution in [0, 0.1) is 0 Å². The van der Waals surface area contributed by atoms with Gasteiger partial charge in [-0.05, 0) is 46.0 Å². The van der Waals surface area contributed by atoms with Crippen LogP contribution >= 0.6 is 0 Å². The van der Waals surface area contributed by atoms with Crippen molar-refractivity contribution in [3.63, 3.8) is 0 Å². The third-order valence-electron chi connectivity index (χ3n) is 8.32. The zero-order valence-corrected chi connectivity index (χ0v) is 31.3. The van der Waals surface area contributed by atoms with Crippen LogP contribution in [0.2, 0.25) is 0 Å². The second kappa shape index (κ2) is 33.1. The first kappa shape index (κ1) is 44.2. The highest BCUT2D eigenvalue weighted by atomic mass is 17.3. The molecule has 6 nitrogen and oxygen atoms in total. The molecule has 0 aliphatic rings. The van der Waals surface area contributed by atoms with Gasteiger partial charge in [0.25, 0.3) is 5.95 Å². The van der Waals surface area contributed by atoms with E-state index >= 15 is 0 Å². The van der Waals surface area contributed by atoms with Crippen molar-refractivity contribution < 1.29 is 28.7 Å². The maximum absolute atomic E-state index is 6.48. The van der Waals surface area contributed by atoms with Crippen LogP contribution in [0.3, 0.4) is 0 Å². The molecular formula is C39H78O6. The van der Waals surface area contributed by atoms with Crippen LogP contribution < -0.4 is 0 Å². The van der Waals surface area contributed by atoms with Crippen LogP contribution in [0.4, 0.5) is 0 Å². The Morgan fingerprint density at radius 3 is 1.40 bits per heavy atom. The molecule has 0 rings (SSSR count). The van der Waals surface area contributed by atoms with E-state index in [1.807, 2.05) is 0 Å². The van der Waals surface area contributed by atoms with Gasteiger partial charge in [-0.15, -0.1) is 0 Å². The quantitative estimate of drug-likeness (QED) is 0.0223. The van der Waals surface area contributed by atoms with Crippen molar-refractivity contribution in [1.82, 2.24) is 0 Å². The molecule has 3 unspecified atom stereocenters. The van der Waals surface area contributed by atoms with Gasteiger partial charge in [0, 0.05) is 0 Å². The smallest absolute Gasteiger partial charge is 0.340 e. The summed E-state index contributed by atoms with van der Waals surface area (Å²) < 4.78 is 25.5. The lowest BCUT2D eigenvalue weighted by atomic mass is 10.1. The zero-order chi connectivity index (χ0) is 33.3. The summed E-state index contributed by atoms with van der Waals surface area (Å²) in [6.45, 7) is 16.8. The molecule has 0 spiro atoms.